The quantitative estimate of drug-likeness (QED) is 0.266. The number of amides is 2. The molecule has 0 saturated carbocycles. The Morgan fingerprint density at radius 1 is 0.938 bits per heavy atom. The third-order valence-electron chi connectivity index (χ3n) is 10.8. The molecular formula is C37H45FN6O4. The molecule has 0 radical (unpaired) electrons. The van der Waals surface area contributed by atoms with Gasteiger partial charge in [0.05, 0.1) is 17.2 Å². The number of aromatic nitrogens is 3. The maximum absolute atomic E-state index is 14.2. The molecule has 254 valence electrons. The Hall–Kier alpha value is -4.25. The minimum Gasteiger partial charge on any atom is -0.436 e. The fourth-order valence-electron chi connectivity index (χ4n) is 8.01. The lowest BCUT2D eigenvalue weighted by Crippen LogP contribution is -2.51. The molecule has 3 aliphatic rings. The van der Waals surface area contributed by atoms with Gasteiger partial charge in [0.2, 0.25) is 0 Å². The Kier molecular flexibility index (Phi) is 9.48. The maximum atomic E-state index is 14.2. The van der Waals surface area contributed by atoms with Crippen LogP contribution in [0.1, 0.15) is 74.0 Å². The van der Waals surface area contributed by atoms with E-state index in [1.54, 1.807) is 29.3 Å². The summed E-state index contributed by atoms with van der Waals surface area (Å²) in [7, 11) is 0. The summed E-state index contributed by atoms with van der Waals surface area (Å²) in [5, 5.41) is 8.87. The molecular weight excluding hydrogens is 611 g/mol. The van der Waals surface area contributed by atoms with E-state index in [2.05, 4.69) is 32.2 Å². The molecule has 1 atom stereocenters. The molecule has 0 aliphatic carbocycles. The molecule has 5 heterocycles. The monoisotopic (exact) mass is 656 g/mol. The van der Waals surface area contributed by atoms with Crippen LogP contribution in [-0.4, -0.2) is 93.3 Å². The van der Waals surface area contributed by atoms with Gasteiger partial charge in [-0.25, -0.2) is 9.18 Å². The van der Waals surface area contributed by atoms with Crippen LogP contribution in [0, 0.1) is 12.7 Å². The number of fused-ring (bicyclic) bond motifs is 2. The van der Waals surface area contributed by atoms with Crippen molar-refractivity contribution >= 4 is 33.8 Å². The molecule has 3 aliphatic heterocycles. The van der Waals surface area contributed by atoms with Crippen LogP contribution in [0.4, 0.5) is 9.18 Å². The summed E-state index contributed by atoms with van der Waals surface area (Å²) in [5.74, 6) is -0.641. The highest BCUT2D eigenvalue weighted by atomic mass is 19.1. The minimum absolute atomic E-state index is 0.0647. The normalized spacial score (nSPS) is 19.2. The van der Waals surface area contributed by atoms with Crippen molar-refractivity contribution < 1.29 is 18.7 Å². The number of aromatic amines is 2. The molecule has 0 unspecified atom stereocenters. The standard InChI is InChI=1S/C37H45FN6O4/c1-24-20-25(21-28-23-39-41-33(24)28)8-9-32(36(46)43-18-12-29(13-19-43)42-14-3-2-4-15-42)48-37(47)44-16-10-26(11-17-44)30-22-27-6-5-7-31(38)34(27)40-35(30)45/h5-7,20-23,26,29,32H,2-4,8-19H2,1H3,(H,39,41)(H,40,45)/t32-/m1/s1. The van der Waals surface area contributed by atoms with E-state index in [-0.39, 0.29) is 22.9 Å². The fourth-order valence-corrected chi connectivity index (χ4v) is 8.01. The summed E-state index contributed by atoms with van der Waals surface area (Å²) in [6.07, 6.45) is 8.22. The van der Waals surface area contributed by atoms with Crippen LogP contribution in [0.5, 0.6) is 0 Å². The zero-order chi connectivity index (χ0) is 33.2. The highest BCUT2D eigenvalue weighted by Gasteiger charge is 2.35. The molecule has 48 heavy (non-hydrogen) atoms. The third-order valence-corrected chi connectivity index (χ3v) is 10.8. The number of hydrogen-bond donors (Lipinski definition) is 2. The predicted molar refractivity (Wildman–Crippen MR) is 183 cm³/mol. The van der Waals surface area contributed by atoms with Crippen molar-refractivity contribution in [3.63, 3.8) is 0 Å². The van der Waals surface area contributed by atoms with Crippen LogP contribution in [0.25, 0.3) is 21.8 Å². The summed E-state index contributed by atoms with van der Waals surface area (Å²) >= 11 is 0. The number of halogens is 1. The zero-order valence-corrected chi connectivity index (χ0v) is 27.7. The number of likely N-dealkylation sites (tertiary alicyclic amines) is 3. The number of hydrogen-bond acceptors (Lipinski definition) is 6. The Morgan fingerprint density at radius 2 is 1.69 bits per heavy atom. The molecule has 2 aromatic carbocycles. The van der Waals surface area contributed by atoms with E-state index >= 15 is 0 Å². The van der Waals surface area contributed by atoms with Crippen molar-refractivity contribution in [2.45, 2.75) is 82.8 Å². The maximum Gasteiger partial charge on any atom is 0.410 e. The lowest BCUT2D eigenvalue weighted by molar-refractivity contribution is -0.143. The second-order valence-electron chi connectivity index (χ2n) is 13.8. The van der Waals surface area contributed by atoms with Crippen LogP contribution in [-0.2, 0) is 16.0 Å². The predicted octanol–water partition coefficient (Wildman–Crippen LogP) is 5.65. The number of para-hydroxylation sites is 1. The highest BCUT2D eigenvalue weighted by molar-refractivity contribution is 5.84. The highest BCUT2D eigenvalue weighted by Crippen LogP contribution is 2.29. The fraction of sp³-hybridized carbons (Fsp3) is 0.514. The molecule has 11 heteroatoms. The number of benzene rings is 2. The number of carbonyl (C=O) groups excluding carboxylic acids is 2. The molecule has 2 N–H and O–H groups in total. The average molecular weight is 657 g/mol. The first-order valence-corrected chi connectivity index (χ1v) is 17.6. The topological polar surface area (TPSA) is 115 Å². The number of rotatable bonds is 7. The number of ether oxygens (including phenoxy) is 1. The number of piperidine rings is 3. The number of nitrogens with one attached hydrogen (secondary N) is 2. The number of aryl methyl sites for hydroxylation is 2. The summed E-state index contributed by atoms with van der Waals surface area (Å²) in [6, 6.07) is 11.2. The van der Waals surface area contributed by atoms with E-state index < -0.39 is 18.0 Å². The lowest BCUT2D eigenvalue weighted by atomic mass is 9.89. The smallest absolute Gasteiger partial charge is 0.410 e. The molecule has 3 saturated heterocycles. The second-order valence-corrected chi connectivity index (χ2v) is 13.8. The summed E-state index contributed by atoms with van der Waals surface area (Å²) in [5.41, 5.74) is 3.66. The van der Waals surface area contributed by atoms with Crippen LogP contribution < -0.4 is 5.56 Å². The van der Waals surface area contributed by atoms with Crippen LogP contribution in [0.2, 0.25) is 0 Å². The minimum atomic E-state index is -0.889. The van der Waals surface area contributed by atoms with Crippen LogP contribution in [0.15, 0.2) is 47.4 Å². The van der Waals surface area contributed by atoms with Crippen molar-refractivity contribution in [1.29, 1.82) is 0 Å². The summed E-state index contributed by atoms with van der Waals surface area (Å²) in [6.45, 7) is 6.47. The first-order valence-electron chi connectivity index (χ1n) is 17.6. The first-order chi connectivity index (χ1) is 23.3. The summed E-state index contributed by atoms with van der Waals surface area (Å²) in [4.78, 5) is 49.3. The SMILES string of the molecule is Cc1cc(CC[C@@H](OC(=O)N2CCC(c3cc4cccc(F)c4[nH]c3=O)CC2)C(=O)N2CCC(N3CCCCC3)CC2)cc2cn[nH]c12. The van der Waals surface area contributed by atoms with Crippen molar-refractivity contribution in [3.8, 4) is 0 Å². The van der Waals surface area contributed by atoms with Crippen molar-refractivity contribution in [2.24, 2.45) is 0 Å². The van der Waals surface area contributed by atoms with Crippen LogP contribution >= 0.6 is 0 Å². The van der Waals surface area contributed by atoms with E-state index in [1.165, 1.54) is 25.3 Å². The van der Waals surface area contributed by atoms with Gasteiger partial charge in [-0.3, -0.25) is 14.7 Å². The van der Waals surface area contributed by atoms with Gasteiger partial charge in [0.1, 0.15) is 5.82 Å². The van der Waals surface area contributed by atoms with E-state index in [4.69, 9.17) is 4.74 Å². The number of carbonyl (C=O) groups is 2. The van der Waals surface area contributed by atoms with E-state index in [1.807, 2.05) is 11.8 Å². The van der Waals surface area contributed by atoms with Crippen molar-refractivity contribution in [2.75, 3.05) is 39.3 Å². The van der Waals surface area contributed by atoms with Gasteiger partial charge in [0.25, 0.3) is 11.5 Å². The van der Waals surface area contributed by atoms with Gasteiger partial charge < -0.3 is 24.4 Å². The largest absolute Gasteiger partial charge is 0.436 e. The van der Waals surface area contributed by atoms with E-state index in [9.17, 15) is 18.8 Å². The summed E-state index contributed by atoms with van der Waals surface area (Å²) < 4.78 is 20.3. The van der Waals surface area contributed by atoms with Crippen molar-refractivity contribution in [1.82, 2.24) is 29.9 Å². The molecule has 2 aromatic heterocycles. The van der Waals surface area contributed by atoms with Gasteiger partial charge in [-0.2, -0.15) is 5.10 Å². The molecule has 0 spiro atoms. The van der Waals surface area contributed by atoms with Gasteiger partial charge in [0, 0.05) is 48.6 Å². The van der Waals surface area contributed by atoms with Gasteiger partial charge in [-0.1, -0.05) is 24.6 Å². The number of nitrogens with zero attached hydrogens (tertiary/aromatic N) is 4. The Morgan fingerprint density at radius 3 is 2.46 bits per heavy atom. The van der Waals surface area contributed by atoms with Gasteiger partial charge in [0.15, 0.2) is 6.10 Å². The molecule has 10 nitrogen and oxygen atoms in total. The van der Waals surface area contributed by atoms with Crippen LogP contribution in [0.3, 0.4) is 0 Å². The zero-order valence-electron chi connectivity index (χ0n) is 27.7. The second kappa shape index (κ2) is 14.1. The third kappa shape index (κ3) is 6.83. The molecule has 0 bridgehead atoms. The van der Waals surface area contributed by atoms with Gasteiger partial charge in [-0.15, -0.1) is 0 Å². The lowest BCUT2D eigenvalue weighted by Gasteiger charge is -2.41. The molecule has 4 aromatic rings. The number of pyridine rings is 1. The molecule has 3 fully saturated rings. The Balaban J connectivity index is 1.01. The molecule has 7 rings (SSSR count). The first kappa shape index (κ1) is 32.3. The van der Waals surface area contributed by atoms with E-state index in [0.717, 1.165) is 48.0 Å². The Bertz CT molecular complexity index is 1830. The van der Waals surface area contributed by atoms with E-state index in [0.29, 0.717) is 68.9 Å². The van der Waals surface area contributed by atoms with Crippen molar-refractivity contribution in [3.05, 3.63) is 75.5 Å². The average Bonchev–Trinajstić information content (AvgIpc) is 3.60. The van der Waals surface area contributed by atoms with Gasteiger partial charge >= 0.3 is 6.09 Å². The Labute approximate surface area is 279 Å². The van der Waals surface area contributed by atoms with Gasteiger partial charge in [-0.05, 0) is 107 Å². The number of H-pyrrole nitrogens is 2. The molecule has 2 amide bonds.